The number of halogens is 2. The van der Waals surface area contributed by atoms with Crippen molar-refractivity contribution in [2.24, 2.45) is 0 Å². The molecule has 0 atom stereocenters. The molecule has 1 aliphatic rings. The molecular weight excluding hydrogens is 421 g/mol. The minimum Gasteiger partial charge on any atom is -0.274 e. The van der Waals surface area contributed by atoms with Crippen LogP contribution >= 0.6 is 35.0 Å². The van der Waals surface area contributed by atoms with Crippen molar-refractivity contribution in [3.63, 3.8) is 0 Å². The first-order chi connectivity index (χ1) is 14.0. The van der Waals surface area contributed by atoms with Crippen LogP contribution < -0.4 is 0 Å². The monoisotopic (exact) mass is 445 g/mol. The lowest BCUT2D eigenvalue weighted by Crippen LogP contribution is -2.12. The quantitative estimate of drug-likeness (QED) is 0.380. The summed E-state index contributed by atoms with van der Waals surface area (Å²) in [6.07, 6.45) is 6.16. The Morgan fingerprint density at radius 2 is 1.72 bits per heavy atom. The summed E-state index contributed by atoms with van der Waals surface area (Å²) in [6, 6.07) is 12.4. The average molecular weight is 446 g/mol. The minimum atomic E-state index is 0.446. The Morgan fingerprint density at radius 1 is 0.931 bits per heavy atom. The van der Waals surface area contributed by atoms with Crippen molar-refractivity contribution in [2.75, 3.05) is 0 Å². The molecule has 0 radical (unpaired) electrons. The molecule has 4 rings (SSSR count). The summed E-state index contributed by atoms with van der Waals surface area (Å²) in [4.78, 5) is 0. The maximum atomic E-state index is 6.33. The smallest absolute Gasteiger partial charge is 0.196 e. The van der Waals surface area contributed by atoms with Crippen molar-refractivity contribution < 1.29 is 0 Å². The minimum absolute atomic E-state index is 0.446. The number of hydrogen-bond donors (Lipinski definition) is 0. The Hall–Kier alpha value is -1.49. The molecule has 0 amide bonds. The number of hydrogen-bond acceptors (Lipinski definition) is 3. The number of thioether (sulfide) groups is 1. The zero-order valence-corrected chi connectivity index (χ0v) is 19.1. The highest BCUT2D eigenvalue weighted by atomic mass is 35.5. The molecule has 1 heterocycles. The second-order valence-corrected chi connectivity index (χ2v) is 9.57. The molecule has 1 fully saturated rings. The third-order valence-corrected chi connectivity index (χ3v) is 7.47. The van der Waals surface area contributed by atoms with E-state index in [0.717, 1.165) is 22.4 Å². The lowest BCUT2D eigenvalue weighted by Gasteiger charge is -2.22. The van der Waals surface area contributed by atoms with Crippen molar-refractivity contribution in [1.29, 1.82) is 0 Å². The van der Waals surface area contributed by atoms with E-state index in [1.807, 2.05) is 18.2 Å². The molecule has 0 saturated heterocycles. The number of rotatable bonds is 5. The van der Waals surface area contributed by atoms with E-state index >= 15 is 0 Å². The van der Waals surface area contributed by atoms with Crippen LogP contribution in [-0.2, 0) is 5.75 Å². The van der Waals surface area contributed by atoms with Crippen LogP contribution in [0, 0.1) is 13.8 Å². The van der Waals surface area contributed by atoms with Crippen LogP contribution in [0.25, 0.3) is 5.69 Å². The van der Waals surface area contributed by atoms with Gasteiger partial charge in [-0.1, -0.05) is 72.4 Å². The summed E-state index contributed by atoms with van der Waals surface area (Å²) in [5.41, 5.74) is 4.91. The molecule has 29 heavy (non-hydrogen) atoms. The van der Waals surface area contributed by atoms with Crippen molar-refractivity contribution >= 4 is 35.0 Å². The van der Waals surface area contributed by atoms with Gasteiger partial charge in [-0.25, -0.2) is 0 Å². The Balaban J connectivity index is 1.67. The van der Waals surface area contributed by atoms with Gasteiger partial charge in [0, 0.05) is 11.7 Å². The molecule has 1 saturated carbocycles. The van der Waals surface area contributed by atoms with Crippen LogP contribution in [0.15, 0.2) is 41.6 Å². The predicted octanol–water partition coefficient (Wildman–Crippen LogP) is 7.53. The summed E-state index contributed by atoms with van der Waals surface area (Å²) in [5, 5.41) is 11.2. The first-order valence-corrected chi connectivity index (χ1v) is 11.9. The fourth-order valence-corrected chi connectivity index (χ4v) is 5.10. The molecule has 0 N–H and O–H groups in total. The Labute approximate surface area is 186 Å². The van der Waals surface area contributed by atoms with Crippen LogP contribution in [0.5, 0.6) is 0 Å². The number of benzene rings is 2. The van der Waals surface area contributed by atoms with Crippen molar-refractivity contribution in [1.82, 2.24) is 14.8 Å². The zero-order valence-electron chi connectivity index (χ0n) is 16.8. The van der Waals surface area contributed by atoms with E-state index in [9.17, 15) is 0 Å². The summed E-state index contributed by atoms with van der Waals surface area (Å²) in [6.45, 7) is 4.30. The van der Waals surface area contributed by atoms with E-state index < -0.39 is 0 Å². The van der Waals surface area contributed by atoms with Crippen LogP contribution in [0.2, 0.25) is 10.0 Å². The van der Waals surface area contributed by atoms with Crippen LogP contribution in [0.4, 0.5) is 0 Å². The fraction of sp³-hybridized carbons (Fsp3) is 0.391. The highest BCUT2D eigenvalue weighted by molar-refractivity contribution is 7.98. The molecule has 2 aromatic carbocycles. The third kappa shape index (κ3) is 4.65. The van der Waals surface area contributed by atoms with Gasteiger partial charge in [-0.2, -0.15) is 0 Å². The normalized spacial score (nSPS) is 15.0. The van der Waals surface area contributed by atoms with E-state index in [4.69, 9.17) is 23.2 Å². The summed E-state index contributed by atoms with van der Waals surface area (Å²) in [5.74, 6) is 2.35. The van der Waals surface area contributed by atoms with E-state index in [1.54, 1.807) is 11.8 Å². The van der Waals surface area contributed by atoms with Crippen molar-refractivity contribution in [3.05, 3.63) is 69.0 Å². The number of aromatic nitrogens is 3. The second-order valence-electron chi connectivity index (χ2n) is 7.82. The molecule has 0 bridgehead atoms. The highest BCUT2D eigenvalue weighted by Gasteiger charge is 2.24. The average Bonchev–Trinajstić information content (AvgIpc) is 3.15. The molecule has 0 aliphatic heterocycles. The van der Waals surface area contributed by atoms with Gasteiger partial charge in [0.05, 0.1) is 15.7 Å². The van der Waals surface area contributed by atoms with Crippen molar-refractivity contribution in [3.8, 4) is 5.69 Å². The van der Waals surface area contributed by atoms with E-state index in [2.05, 4.69) is 46.8 Å². The van der Waals surface area contributed by atoms with E-state index in [-0.39, 0.29) is 0 Å². The molecule has 1 aromatic heterocycles. The molecule has 3 aromatic rings. The van der Waals surface area contributed by atoms with Crippen LogP contribution in [0.1, 0.15) is 60.5 Å². The Morgan fingerprint density at radius 3 is 2.45 bits per heavy atom. The third-order valence-electron chi connectivity index (χ3n) is 5.73. The molecule has 0 spiro atoms. The topological polar surface area (TPSA) is 30.7 Å². The van der Waals surface area contributed by atoms with Gasteiger partial charge < -0.3 is 0 Å². The maximum absolute atomic E-state index is 6.33. The summed E-state index contributed by atoms with van der Waals surface area (Å²) >= 11 is 14.2. The van der Waals surface area contributed by atoms with E-state index in [0.29, 0.717) is 16.0 Å². The SMILES string of the molecule is Cc1ccc(CSc2nnc(C3CCCCC3)n2-c2ccc(Cl)c(Cl)c2)cc1C. The largest absolute Gasteiger partial charge is 0.274 e. The van der Waals surface area contributed by atoms with Gasteiger partial charge >= 0.3 is 0 Å². The lowest BCUT2D eigenvalue weighted by atomic mass is 9.88. The van der Waals surface area contributed by atoms with Gasteiger partial charge in [0.15, 0.2) is 5.16 Å². The van der Waals surface area contributed by atoms with Crippen molar-refractivity contribution in [2.45, 2.75) is 62.8 Å². The predicted molar refractivity (Wildman–Crippen MR) is 123 cm³/mol. The molecule has 1 aliphatic carbocycles. The van der Waals surface area contributed by atoms with Crippen LogP contribution in [-0.4, -0.2) is 14.8 Å². The van der Waals surface area contributed by atoms with Gasteiger partial charge in [0.1, 0.15) is 5.82 Å². The summed E-state index contributed by atoms with van der Waals surface area (Å²) in [7, 11) is 0. The molecular formula is C23H25Cl2N3S. The number of aryl methyl sites for hydroxylation is 2. The first kappa shape index (κ1) is 20.8. The Bertz CT molecular complexity index is 1010. The standard InChI is InChI=1S/C23H25Cl2N3S/c1-15-8-9-17(12-16(15)2)14-29-23-27-26-22(18-6-4-3-5-7-18)28(23)19-10-11-20(24)21(25)13-19/h8-13,18H,3-7,14H2,1-2H3. The van der Waals surface area contributed by atoms with Crippen LogP contribution in [0.3, 0.4) is 0 Å². The number of nitrogens with zero attached hydrogens (tertiary/aromatic N) is 3. The lowest BCUT2D eigenvalue weighted by molar-refractivity contribution is 0.423. The Kier molecular flexibility index (Phi) is 6.53. The molecule has 152 valence electrons. The second kappa shape index (κ2) is 9.11. The molecule has 3 nitrogen and oxygen atoms in total. The van der Waals surface area contributed by atoms with Gasteiger partial charge in [0.2, 0.25) is 0 Å². The van der Waals surface area contributed by atoms with E-state index in [1.165, 1.54) is 48.8 Å². The fourth-order valence-electron chi connectivity index (χ4n) is 3.91. The van der Waals surface area contributed by atoms with Gasteiger partial charge in [-0.15, -0.1) is 10.2 Å². The highest BCUT2D eigenvalue weighted by Crippen LogP contribution is 2.36. The van der Waals surface area contributed by atoms with Gasteiger partial charge in [-0.3, -0.25) is 4.57 Å². The molecule has 6 heteroatoms. The summed E-state index contributed by atoms with van der Waals surface area (Å²) < 4.78 is 2.18. The van der Waals surface area contributed by atoms with Gasteiger partial charge in [0.25, 0.3) is 0 Å². The maximum Gasteiger partial charge on any atom is 0.196 e. The molecule has 0 unspecified atom stereocenters. The first-order valence-electron chi connectivity index (χ1n) is 10.1. The zero-order chi connectivity index (χ0) is 20.4. The van der Waals surface area contributed by atoms with Gasteiger partial charge in [-0.05, 0) is 61.6 Å².